The van der Waals surface area contributed by atoms with E-state index in [1.54, 1.807) is 6.07 Å². The first-order valence-electron chi connectivity index (χ1n) is 6.61. The van der Waals surface area contributed by atoms with Crippen LogP contribution in [0.4, 0.5) is 10.5 Å². The molecule has 0 aliphatic rings. The van der Waals surface area contributed by atoms with E-state index in [0.717, 1.165) is 5.56 Å². The van der Waals surface area contributed by atoms with Gasteiger partial charge >= 0.3 is 12.0 Å². The summed E-state index contributed by atoms with van der Waals surface area (Å²) in [4.78, 5) is 22.8. The van der Waals surface area contributed by atoms with Gasteiger partial charge in [-0.2, -0.15) is 0 Å². The Bertz CT molecular complexity index is 463. The lowest BCUT2D eigenvalue weighted by Crippen LogP contribution is -2.43. The maximum Gasteiger partial charge on any atom is 0.326 e. The highest BCUT2D eigenvalue weighted by molar-refractivity contribution is 5.92. The second-order valence-electron chi connectivity index (χ2n) is 4.47. The molecule has 20 heavy (non-hydrogen) atoms. The standard InChI is InChI=1S/C14H21N3O3/c1-3-6-12(13(18)19)17-14(20)16-11-8-5-4-7-10(11)9-15-2/h4-5,7-8,12,15H,3,6,9H2,1-2H3,(H,18,19)(H2,16,17,20)/t12-/m1/s1. The highest BCUT2D eigenvalue weighted by atomic mass is 16.4. The molecule has 110 valence electrons. The van der Waals surface area contributed by atoms with E-state index in [1.807, 2.05) is 32.2 Å². The Kier molecular flexibility index (Phi) is 6.52. The molecule has 0 unspecified atom stereocenters. The average molecular weight is 279 g/mol. The Morgan fingerprint density at radius 2 is 2.00 bits per heavy atom. The molecule has 6 heteroatoms. The number of carboxylic acid groups (broad SMARTS) is 1. The summed E-state index contributed by atoms with van der Waals surface area (Å²) in [6.07, 6.45) is 1.09. The fourth-order valence-electron chi connectivity index (χ4n) is 1.85. The lowest BCUT2D eigenvalue weighted by molar-refractivity contribution is -0.139. The normalized spacial score (nSPS) is 11.7. The Morgan fingerprint density at radius 3 is 2.60 bits per heavy atom. The summed E-state index contributed by atoms with van der Waals surface area (Å²) in [5.41, 5.74) is 1.60. The molecule has 0 bridgehead atoms. The van der Waals surface area contributed by atoms with E-state index in [4.69, 9.17) is 5.11 Å². The molecule has 6 nitrogen and oxygen atoms in total. The number of hydrogen-bond acceptors (Lipinski definition) is 3. The molecule has 0 fully saturated rings. The van der Waals surface area contributed by atoms with Crippen molar-refractivity contribution in [3.05, 3.63) is 29.8 Å². The van der Waals surface area contributed by atoms with Crippen LogP contribution in [-0.4, -0.2) is 30.2 Å². The molecule has 1 aromatic rings. The monoisotopic (exact) mass is 279 g/mol. The van der Waals surface area contributed by atoms with E-state index in [0.29, 0.717) is 25.1 Å². The first-order chi connectivity index (χ1) is 9.58. The number of carbonyl (C=O) groups excluding carboxylic acids is 1. The maximum absolute atomic E-state index is 11.9. The molecule has 0 spiro atoms. The van der Waals surface area contributed by atoms with Crippen molar-refractivity contribution in [1.29, 1.82) is 0 Å². The number of para-hydroxylation sites is 1. The van der Waals surface area contributed by atoms with Gasteiger partial charge < -0.3 is 21.1 Å². The van der Waals surface area contributed by atoms with Crippen LogP contribution in [0.3, 0.4) is 0 Å². The summed E-state index contributed by atoms with van der Waals surface area (Å²) in [6, 6.07) is 6.00. The van der Waals surface area contributed by atoms with Crippen molar-refractivity contribution in [3.63, 3.8) is 0 Å². The molecule has 0 aliphatic carbocycles. The van der Waals surface area contributed by atoms with E-state index >= 15 is 0 Å². The first-order valence-corrected chi connectivity index (χ1v) is 6.61. The van der Waals surface area contributed by atoms with Crippen molar-refractivity contribution in [1.82, 2.24) is 10.6 Å². The summed E-state index contributed by atoms with van der Waals surface area (Å²) in [5.74, 6) is -1.02. The summed E-state index contributed by atoms with van der Waals surface area (Å²) in [7, 11) is 1.82. The molecule has 0 heterocycles. The summed E-state index contributed by atoms with van der Waals surface area (Å²) in [6.45, 7) is 2.49. The minimum Gasteiger partial charge on any atom is -0.480 e. The van der Waals surface area contributed by atoms with Gasteiger partial charge in [0.25, 0.3) is 0 Å². The quantitative estimate of drug-likeness (QED) is 0.612. The number of urea groups is 1. The van der Waals surface area contributed by atoms with Gasteiger partial charge in [-0.3, -0.25) is 0 Å². The van der Waals surface area contributed by atoms with Crippen molar-refractivity contribution in [2.24, 2.45) is 0 Å². The van der Waals surface area contributed by atoms with Crippen LogP contribution in [0.15, 0.2) is 24.3 Å². The topological polar surface area (TPSA) is 90.5 Å². The molecule has 0 aromatic heterocycles. The fraction of sp³-hybridized carbons (Fsp3) is 0.429. The minimum absolute atomic E-state index is 0.404. The zero-order chi connectivity index (χ0) is 15.0. The Labute approximate surface area is 118 Å². The minimum atomic E-state index is -1.02. The van der Waals surface area contributed by atoms with Gasteiger partial charge in [0.1, 0.15) is 6.04 Å². The zero-order valence-corrected chi connectivity index (χ0v) is 11.8. The zero-order valence-electron chi connectivity index (χ0n) is 11.8. The molecular formula is C14H21N3O3. The van der Waals surface area contributed by atoms with Gasteiger partial charge in [0.05, 0.1) is 0 Å². The highest BCUT2D eigenvalue weighted by Gasteiger charge is 2.18. The van der Waals surface area contributed by atoms with E-state index in [1.165, 1.54) is 0 Å². The van der Waals surface area contributed by atoms with Crippen molar-refractivity contribution in [3.8, 4) is 0 Å². The van der Waals surface area contributed by atoms with Gasteiger partial charge in [-0.25, -0.2) is 9.59 Å². The van der Waals surface area contributed by atoms with Gasteiger partial charge in [-0.1, -0.05) is 31.5 Å². The number of carboxylic acids is 1. The van der Waals surface area contributed by atoms with Gasteiger partial charge in [0.15, 0.2) is 0 Å². The second kappa shape index (κ2) is 8.16. The molecule has 0 radical (unpaired) electrons. The predicted octanol–water partition coefficient (Wildman–Crippen LogP) is 1.78. The molecule has 1 aromatic carbocycles. The molecule has 0 saturated heterocycles. The van der Waals surface area contributed by atoms with Gasteiger partial charge in [-0.15, -0.1) is 0 Å². The SMILES string of the molecule is CCC[C@@H](NC(=O)Nc1ccccc1CNC)C(=O)O. The fourth-order valence-corrected chi connectivity index (χ4v) is 1.85. The summed E-state index contributed by atoms with van der Waals surface area (Å²) in [5, 5.41) is 17.2. The van der Waals surface area contributed by atoms with E-state index in [-0.39, 0.29) is 0 Å². The van der Waals surface area contributed by atoms with Gasteiger partial charge in [-0.05, 0) is 25.1 Å². The number of carbonyl (C=O) groups is 2. The maximum atomic E-state index is 11.9. The van der Waals surface area contributed by atoms with Crippen LogP contribution in [0.5, 0.6) is 0 Å². The Morgan fingerprint density at radius 1 is 1.30 bits per heavy atom. The van der Waals surface area contributed by atoms with Gasteiger partial charge in [0.2, 0.25) is 0 Å². The molecule has 4 N–H and O–H groups in total. The van der Waals surface area contributed by atoms with Crippen LogP contribution < -0.4 is 16.0 Å². The molecule has 0 aliphatic heterocycles. The first kappa shape index (κ1) is 16.0. The van der Waals surface area contributed by atoms with Gasteiger partial charge in [0, 0.05) is 12.2 Å². The van der Waals surface area contributed by atoms with Crippen molar-refractivity contribution in [2.75, 3.05) is 12.4 Å². The van der Waals surface area contributed by atoms with Crippen molar-refractivity contribution < 1.29 is 14.7 Å². The van der Waals surface area contributed by atoms with E-state index in [2.05, 4.69) is 16.0 Å². The summed E-state index contributed by atoms with van der Waals surface area (Å²) < 4.78 is 0. The Hall–Kier alpha value is -2.08. The Balaban J connectivity index is 2.68. The van der Waals surface area contributed by atoms with Crippen molar-refractivity contribution >= 4 is 17.7 Å². The third-order valence-electron chi connectivity index (χ3n) is 2.81. The highest BCUT2D eigenvalue weighted by Crippen LogP contribution is 2.14. The van der Waals surface area contributed by atoms with Crippen LogP contribution in [0.25, 0.3) is 0 Å². The van der Waals surface area contributed by atoms with Crippen LogP contribution >= 0.6 is 0 Å². The predicted molar refractivity (Wildman–Crippen MR) is 77.7 cm³/mol. The largest absolute Gasteiger partial charge is 0.480 e. The third kappa shape index (κ3) is 4.89. The molecule has 0 saturated carbocycles. The molecular weight excluding hydrogens is 258 g/mol. The average Bonchev–Trinajstić information content (AvgIpc) is 2.40. The smallest absolute Gasteiger partial charge is 0.326 e. The molecule has 1 atom stereocenters. The van der Waals surface area contributed by atoms with Crippen LogP contribution in [0, 0.1) is 0 Å². The third-order valence-corrected chi connectivity index (χ3v) is 2.81. The number of rotatable bonds is 7. The second-order valence-corrected chi connectivity index (χ2v) is 4.47. The number of nitrogens with one attached hydrogen (secondary N) is 3. The lowest BCUT2D eigenvalue weighted by atomic mass is 10.1. The number of anilines is 1. The lowest BCUT2D eigenvalue weighted by Gasteiger charge is -2.16. The van der Waals surface area contributed by atoms with Crippen LogP contribution in [-0.2, 0) is 11.3 Å². The van der Waals surface area contributed by atoms with Crippen molar-refractivity contribution in [2.45, 2.75) is 32.4 Å². The number of aliphatic carboxylic acids is 1. The van der Waals surface area contributed by atoms with E-state index < -0.39 is 18.0 Å². The van der Waals surface area contributed by atoms with E-state index in [9.17, 15) is 9.59 Å². The van der Waals surface area contributed by atoms with Crippen LogP contribution in [0.2, 0.25) is 0 Å². The summed E-state index contributed by atoms with van der Waals surface area (Å²) >= 11 is 0. The number of hydrogen-bond donors (Lipinski definition) is 4. The molecule has 1 rings (SSSR count). The number of amides is 2. The molecule has 2 amide bonds. The van der Waals surface area contributed by atoms with Crippen LogP contribution in [0.1, 0.15) is 25.3 Å². The number of benzene rings is 1.